The van der Waals surface area contributed by atoms with Crippen molar-refractivity contribution in [2.45, 2.75) is 19.6 Å². The summed E-state index contributed by atoms with van der Waals surface area (Å²) in [6.07, 6.45) is 1.13. The van der Waals surface area contributed by atoms with Crippen LogP contribution in [0.3, 0.4) is 0 Å². The first-order valence-electron chi connectivity index (χ1n) is 10.7. The SMILES string of the molecule is Cl.Cl.Clc1ccc(COc2ccc3ccccc3c2CNCCCN2CCOCC2)cc1. The second-order valence-corrected chi connectivity index (χ2v) is 8.10. The molecule has 0 aromatic heterocycles. The molecule has 0 saturated carbocycles. The standard InChI is InChI=1S/C25H29ClN2O2.2ClH/c26-22-9-6-20(7-10-22)19-30-25-11-8-21-4-1-2-5-23(21)24(25)18-27-12-3-13-28-14-16-29-17-15-28;;/h1-2,4-11,27H,3,12-19H2;2*1H. The summed E-state index contributed by atoms with van der Waals surface area (Å²) in [6.45, 7) is 7.23. The Kier molecular flexibility index (Phi) is 11.6. The Morgan fingerprint density at radius 1 is 0.938 bits per heavy atom. The van der Waals surface area contributed by atoms with E-state index in [0.29, 0.717) is 6.61 Å². The molecule has 174 valence electrons. The predicted molar refractivity (Wildman–Crippen MR) is 138 cm³/mol. The molecule has 1 N–H and O–H groups in total. The van der Waals surface area contributed by atoms with Crippen LogP contribution in [0, 0.1) is 0 Å². The van der Waals surface area contributed by atoms with E-state index in [1.807, 2.05) is 24.3 Å². The van der Waals surface area contributed by atoms with Gasteiger partial charge in [-0.1, -0.05) is 54.1 Å². The fourth-order valence-corrected chi connectivity index (χ4v) is 3.97. The largest absolute Gasteiger partial charge is 0.489 e. The zero-order valence-electron chi connectivity index (χ0n) is 18.1. The molecule has 1 aliphatic rings. The summed E-state index contributed by atoms with van der Waals surface area (Å²) < 4.78 is 11.6. The fourth-order valence-electron chi connectivity index (χ4n) is 3.84. The number of ether oxygens (including phenoxy) is 2. The van der Waals surface area contributed by atoms with Crippen molar-refractivity contribution in [3.05, 3.63) is 76.8 Å². The van der Waals surface area contributed by atoms with Crippen molar-refractivity contribution in [3.8, 4) is 5.75 Å². The molecule has 1 fully saturated rings. The Labute approximate surface area is 208 Å². The van der Waals surface area contributed by atoms with Gasteiger partial charge in [0.15, 0.2) is 0 Å². The molecule has 0 spiro atoms. The summed E-state index contributed by atoms with van der Waals surface area (Å²) in [5.74, 6) is 0.935. The molecule has 3 aromatic rings. The Morgan fingerprint density at radius 2 is 1.69 bits per heavy atom. The van der Waals surface area contributed by atoms with E-state index in [1.54, 1.807) is 0 Å². The molecule has 0 unspecified atom stereocenters. The smallest absolute Gasteiger partial charge is 0.124 e. The van der Waals surface area contributed by atoms with Gasteiger partial charge in [-0.15, -0.1) is 24.8 Å². The van der Waals surface area contributed by atoms with Crippen molar-refractivity contribution in [1.82, 2.24) is 10.2 Å². The van der Waals surface area contributed by atoms with Crippen LogP contribution in [0.1, 0.15) is 17.5 Å². The lowest BCUT2D eigenvalue weighted by Crippen LogP contribution is -2.37. The van der Waals surface area contributed by atoms with Crippen LogP contribution >= 0.6 is 36.4 Å². The van der Waals surface area contributed by atoms with Crippen LogP contribution in [0.25, 0.3) is 10.8 Å². The molecule has 0 aliphatic carbocycles. The lowest BCUT2D eigenvalue weighted by molar-refractivity contribution is 0.0374. The van der Waals surface area contributed by atoms with Crippen LogP contribution in [-0.2, 0) is 17.9 Å². The number of nitrogens with one attached hydrogen (secondary N) is 1. The highest BCUT2D eigenvalue weighted by Gasteiger charge is 2.11. The zero-order chi connectivity index (χ0) is 20.6. The van der Waals surface area contributed by atoms with Crippen molar-refractivity contribution in [1.29, 1.82) is 0 Å². The number of benzene rings is 3. The summed E-state index contributed by atoms with van der Waals surface area (Å²) >= 11 is 5.99. The van der Waals surface area contributed by atoms with Crippen molar-refractivity contribution < 1.29 is 9.47 Å². The van der Waals surface area contributed by atoms with Gasteiger partial charge in [0.2, 0.25) is 0 Å². The Morgan fingerprint density at radius 3 is 2.47 bits per heavy atom. The van der Waals surface area contributed by atoms with Crippen molar-refractivity contribution in [2.24, 2.45) is 0 Å². The monoisotopic (exact) mass is 496 g/mol. The van der Waals surface area contributed by atoms with E-state index in [2.05, 4.69) is 46.6 Å². The first-order valence-corrected chi connectivity index (χ1v) is 11.1. The van der Waals surface area contributed by atoms with E-state index in [-0.39, 0.29) is 24.8 Å². The Hall–Kier alpha value is -1.53. The summed E-state index contributed by atoms with van der Waals surface area (Å²) in [4.78, 5) is 2.48. The summed E-state index contributed by atoms with van der Waals surface area (Å²) in [6, 6.07) is 20.5. The maximum atomic E-state index is 6.22. The maximum Gasteiger partial charge on any atom is 0.124 e. The minimum Gasteiger partial charge on any atom is -0.489 e. The van der Waals surface area contributed by atoms with Gasteiger partial charge in [0.05, 0.1) is 13.2 Å². The molecule has 0 atom stereocenters. The molecule has 1 saturated heterocycles. The van der Waals surface area contributed by atoms with Crippen LogP contribution in [0.2, 0.25) is 5.02 Å². The molecular formula is C25H31Cl3N2O2. The summed E-state index contributed by atoms with van der Waals surface area (Å²) in [5.41, 5.74) is 2.32. The van der Waals surface area contributed by atoms with E-state index >= 15 is 0 Å². The first kappa shape index (κ1) is 26.7. The average Bonchev–Trinajstić information content (AvgIpc) is 2.79. The van der Waals surface area contributed by atoms with E-state index in [1.165, 1.54) is 16.3 Å². The van der Waals surface area contributed by atoms with Crippen molar-refractivity contribution in [3.63, 3.8) is 0 Å². The zero-order valence-corrected chi connectivity index (χ0v) is 20.5. The Balaban J connectivity index is 0.00000181. The second-order valence-electron chi connectivity index (χ2n) is 7.66. The minimum absolute atomic E-state index is 0. The number of hydrogen-bond donors (Lipinski definition) is 1. The van der Waals surface area contributed by atoms with E-state index < -0.39 is 0 Å². The van der Waals surface area contributed by atoms with Gasteiger partial charge in [-0.3, -0.25) is 4.90 Å². The number of hydrogen-bond acceptors (Lipinski definition) is 4. The topological polar surface area (TPSA) is 33.7 Å². The third-order valence-electron chi connectivity index (χ3n) is 5.54. The first-order chi connectivity index (χ1) is 14.8. The third-order valence-corrected chi connectivity index (χ3v) is 5.79. The second kappa shape index (κ2) is 13.9. The van der Waals surface area contributed by atoms with Gasteiger partial charge in [-0.2, -0.15) is 0 Å². The molecule has 32 heavy (non-hydrogen) atoms. The van der Waals surface area contributed by atoms with Crippen LogP contribution in [0.15, 0.2) is 60.7 Å². The lowest BCUT2D eigenvalue weighted by Gasteiger charge is -2.26. The number of morpholine rings is 1. The molecule has 0 amide bonds. The van der Waals surface area contributed by atoms with E-state index in [4.69, 9.17) is 21.1 Å². The number of fused-ring (bicyclic) bond motifs is 1. The molecule has 0 bridgehead atoms. The number of halogens is 3. The molecule has 1 aliphatic heterocycles. The van der Waals surface area contributed by atoms with Crippen molar-refractivity contribution >= 4 is 47.2 Å². The van der Waals surface area contributed by atoms with Crippen molar-refractivity contribution in [2.75, 3.05) is 39.4 Å². The predicted octanol–water partition coefficient (Wildman–Crippen LogP) is 5.73. The highest BCUT2D eigenvalue weighted by Crippen LogP contribution is 2.29. The van der Waals surface area contributed by atoms with Gasteiger partial charge < -0.3 is 14.8 Å². The molecule has 0 radical (unpaired) electrons. The molecule has 4 nitrogen and oxygen atoms in total. The van der Waals surface area contributed by atoms with Gasteiger partial charge in [0.25, 0.3) is 0 Å². The van der Waals surface area contributed by atoms with Crippen LogP contribution in [0.4, 0.5) is 0 Å². The summed E-state index contributed by atoms with van der Waals surface area (Å²) in [7, 11) is 0. The van der Waals surface area contributed by atoms with Gasteiger partial charge in [0, 0.05) is 30.2 Å². The lowest BCUT2D eigenvalue weighted by atomic mass is 10.0. The fraction of sp³-hybridized carbons (Fsp3) is 0.360. The van der Waals surface area contributed by atoms with Crippen LogP contribution in [0.5, 0.6) is 5.75 Å². The highest BCUT2D eigenvalue weighted by molar-refractivity contribution is 6.30. The molecule has 7 heteroatoms. The molecular weight excluding hydrogens is 467 g/mol. The van der Waals surface area contributed by atoms with Crippen LogP contribution in [-0.4, -0.2) is 44.3 Å². The average molecular weight is 498 g/mol. The quantitative estimate of drug-likeness (QED) is 0.383. The normalized spacial score (nSPS) is 13.9. The number of rotatable bonds is 9. The molecule has 4 rings (SSSR count). The van der Waals surface area contributed by atoms with Gasteiger partial charge in [-0.25, -0.2) is 0 Å². The van der Waals surface area contributed by atoms with Crippen LogP contribution < -0.4 is 10.1 Å². The molecule has 1 heterocycles. The Bertz CT molecular complexity index is 948. The van der Waals surface area contributed by atoms with Gasteiger partial charge >= 0.3 is 0 Å². The van der Waals surface area contributed by atoms with E-state index in [9.17, 15) is 0 Å². The summed E-state index contributed by atoms with van der Waals surface area (Å²) in [5, 5.41) is 6.85. The maximum absolute atomic E-state index is 6.22. The van der Waals surface area contributed by atoms with Gasteiger partial charge in [0.1, 0.15) is 12.4 Å². The number of nitrogens with zero attached hydrogens (tertiary/aromatic N) is 1. The highest BCUT2D eigenvalue weighted by atomic mass is 35.5. The minimum atomic E-state index is 0. The van der Waals surface area contributed by atoms with Gasteiger partial charge in [-0.05, 0) is 54.0 Å². The molecule has 3 aromatic carbocycles. The third kappa shape index (κ3) is 7.51. The van der Waals surface area contributed by atoms with E-state index in [0.717, 1.165) is 68.7 Å².